The summed E-state index contributed by atoms with van der Waals surface area (Å²) in [5, 5.41) is 14.7. The van der Waals surface area contributed by atoms with E-state index in [1.54, 1.807) is 0 Å². The first-order valence-corrected chi connectivity index (χ1v) is 8.49. The molecule has 1 aromatic carbocycles. The highest BCUT2D eigenvalue weighted by atomic mass is 15.3. The lowest BCUT2D eigenvalue weighted by atomic mass is 10.1. The summed E-state index contributed by atoms with van der Waals surface area (Å²) in [5.74, 6) is 0. The second-order valence-electron chi connectivity index (χ2n) is 5.92. The zero-order valence-electron chi connectivity index (χ0n) is 13.9. The third-order valence-electron chi connectivity index (χ3n) is 3.95. The molecule has 0 radical (unpaired) electrons. The van der Waals surface area contributed by atoms with Crippen molar-refractivity contribution in [2.24, 2.45) is 0 Å². The number of nitrogens with zero attached hydrogens (tertiary/aromatic N) is 2. The smallest absolute Gasteiger partial charge is 0.116 e. The average Bonchev–Trinajstić information content (AvgIpc) is 2.99. The van der Waals surface area contributed by atoms with Gasteiger partial charge in [-0.15, -0.1) is 5.10 Å². The van der Waals surface area contributed by atoms with Crippen LogP contribution in [0.4, 0.5) is 0 Å². The molecule has 22 heavy (non-hydrogen) atoms. The highest BCUT2D eigenvalue weighted by Crippen LogP contribution is 2.20. The van der Waals surface area contributed by atoms with Crippen LogP contribution in [-0.4, -0.2) is 28.5 Å². The number of aryl methyl sites for hydroxylation is 1. The monoisotopic (exact) mass is 300 g/mol. The molecule has 1 aromatic heterocycles. The van der Waals surface area contributed by atoms with Crippen LogP contribution in [0.2, 0.25) is 0 Å². The minimum atomic E-state index is 0.936. The van der Waals surface area contributed by atoms with Crippen molar-refractivity contribution in [1.82, 2.24) is 20.7 Å². The van der Waals surface area contributed by atoms with Crippen molar-refractivity contribution in [3.63, 3.8) is 0 Å². The Morgan fingerprint density at radius 1 is 1.00 bits per heavy atom. The summed E-state index contributed by atoms with van der Waals surface area (Å²) in [4.78, 5) is 0. The maximum Gasteiger partial charge on any atom is 0.116 e. The van der Waals surface area contributed by atoms with E-state index >= 15 is 0 Å². The summed E-state index contributed by atoms with van der Waals surface area (Å²) in [6.07, 6.45) is 7.57. The molecule has 0 aliphatic heterocycles. The Bertz CT molecular complexity index is 530. The molecular formula is C18H28N4. The van der Waals surface area contributed by atoms with E-state index in [-0.39, 0.29) is 0 Å². The van der Waals surface area contributed by atoms with Crippen LogP contribution < -0.4 is 5.32 Å². The van der Waals surface area contributed by atoms with Crippen molar-refractivity contribution >= 4 is 0 Å². The quantitative estimate of drug-likeness (QED) is 0.655. The molecule has 2 N–H and O–H groups in total. The van der Waals surface area contributed by atoms with Crippen LogP contribution in [-0.2, 0) is 6.42 Å². The molecule has 0 spiro atoms. The molecule has 120 valence electrons. The summed E-state index contributed by atoms with van der Waals surface area (Å²) in [6.45, 7) is 6.42. The van der Waals surface area contributed by atoms with Gasteiger partial charge in [-0.1, -0.05) is 67.6 Å². The fraction of sp³-hybridized carbons (Fsp3) is 0.556. The summed E-state index contributed by atoms with van der Waals surface area (Å²) in [5.41, 5.74) is 4.49. The van der Waals surface area contributed by atoms with E-state index in [1.807, 2.05) is 0 Å². The predicted molar refractivity (Wildman–Crippen MR) is 91.9 cm³/mol. The topological polar surface area (TPSA) is 53.6 Å². The molecule has 2 rings (SSSR count). The fourth-order valence-electron chi connectivity index (χ4n) is 2.56. The number of unbranched alkanes of at least 4 members (excludes halogenated alkanes) is 4. The Hall–Kier alpha value is -1.68. The largest absolute Gasteiger partial charge is 0.316 e. The van der Waals surface area contributed by atoms with Crippen LogP contribution in [0, 0.1) is 6.92 Å². The van der Waals surface area contributed by atoms with E-state index in [9.17, 15) is 0 Å². The molecule has 0 fully saturated rings. The van der Waals surface area contributed by atoms with Crippen molar-refractivity contribution < 1.29 is 0 Å². The zero-order chi connectivity index (χ0) is 15.6. The number of rotatable bonds is 10. The van der Waals surface area contributed by atoms with Crippen LogP contribution >= 0.6 is 0 Å². The minimum absolute atomic E-state index is 0.936. The predicted octanol–water partition coefficient (Wildman–Crippen LogP) is 3.88. The Morgan fingerprint density at radius 2 is 1.77 bits per heavy atom. The molecule has 0 saturated heterocycles. The van der Waals surface area contributed by atoms with Gasteiger partial charge in [-0.25, -0.2) is 0 Å². The van der Waals surface area contributed by atoms with E-state index in [0.717, 1.165) is 36.5 Å². The molecule has 0 bridgehead atoms. The lowest BCUT2D eigenvalue weighted by Crippen LogP contribution is -2.18. The number of H-pyrrole nitrogens is 1. The summed E-state index contributed by atoms with van der Waals surface area (Å²) < 4.78 is 0. The molecule has 0 aliphatic rings. The maximum atomic E-state index is 4.23. The SMILES string of the molecule is CCCCCCCNCCc1[nH]nnc1-c1ccc(C)cc1. The maximum absolute atomic E-state index is 4.23. The fourth-order valence-corrected chi connectivity index (χ4v) is 2.56. The first kappa shape index (κ1) is 16.7. The van der Waals surface area contributed by atoms with E-state index in [4.69, 9.17) is 0 Å². The third-order valence-corrected chi connectivity index (χ3v) is 3.95. The lowest BCUT2D eigenvalue weighted by molar-refractivity contribution is 0.583. The Labute approximate surface area is 133 Å². The number of hydrogen-bond acceptors (Lipinski definition) is 3. The molecule has 4 nitrogen and oxygen atoms in total. The van der Waals surface area contributed by atoms with Crippen molar-refractivity contribution in [3.05, 3.63) is 35.5 Å². The Kier molecular flexibility index (Phi) is 7.10. The lowest BCUT2D eigenvalue weighted by Gasteiger charge is -2.05. The molecule has 0 atom stereocenters. The number of nitrogens with one attached hydrogen (secondary N) is 2. The molecule has 4 heteroatoms. The van der Waals surface area contributed by atoms with Gasteiger partial charge in [0.05, 0.1) is 5.69 Å². The second-order valence-corrected chi connectivity index (χ2v) is 5.92. The van der Waals surface area contributed by atoms with Crippen LogP contribution in [0.25, 0.3) is 11.3 Å². The van der Waals surface area contributed by atoms with Gasteiger partial charge in [-0.2, -0.15) is 0 Å². The van der Waals surface area contributed by atoms with Crippen molar-refractivity contribution in [2.45, 2.75) is 52.4 Å². The van der Waals surface area contributed by atoms with Gasteiger partial charge in [0.2, 0.25) is 0 Å². The van der Waals surface area contributed by atoms with Gasteiger partial charge in [-0.3, -0.25) is 5.10 Å². The van der Waals surface area contributed by atoms with Gasteiger partial charge in [0, 0.05) is 18.5 Å². The number of aromatic nitrogens is 3. The molecule has 0 amide bonds. The zero-order valence-corrected chi connectivity index (χ0v) is 13.9. The van der Waals surface area contributed by atoms with Crippen LogP contribution in [0.1, 0.15) is 50.3 Å². The first-order chi connectivity index (χ1) is 10.8. The van der Waals surface area contributed by atoms with Gasteiger partial charge in [0.25, 0.3) is 0 Å². The molecule has 0 aliphatic carbocycles. The highest BCUT2D eigenvalue weighted by Gasteiger charge is 2.08. The number of aromatic amines is 1. The Balaban J connectivity index is 1.73. The molecular weight excluding hydrogens is 272 g/mol. The van der Waals surface area contributed by atoms with E-state index in [0.29, 0.717) is 0 Å². The standard InChI is InChI=1S/C18H28N4/c1-3-4-5-6-7-13-19-14-12-17-18(21-22-20-17)16-10-8-15(2)9-11-16/h8-11,19H,3-7,12-14H2,1-2H3,(H,20,21,22). The normalized spacial score (nSPS) is 11.0. The number of benzene rings is 1. The van der Waals surface area contributed by atoms with Gasteiger partial charge < -0.3 is 5.32 Å². The minimum Gasteiger partial charge on any atom is -0.316 e. The van der Waals surface area contributed by atoms with Gasteiger partial charge in [-0.05, 0) is 19.9 Å². The first-order valence-electron chi connectivity index (χ1n) is 8.49. The van der Waals surface area contributed by atoms with Gasteiger partial charge >= 0.3 is 0 Å². The molecule has 0 unspecified atom stereocenters. The van der Waals surface area contributed by atoms with E-state index < -0.39 is 0 Å². The van der Waals surface area contributed by atoms with Crippen LogP contribution in [0.3, 0.4) is 0 Å². The van der Waals surface area contributed by atoms with E-state index in [2.05, 4.69) is 58.8 Å². The average molecular weight is 300 g/mol. The van der Waals surface area contributed by atoms with Crippen LogP contribution in [0.5, 0.6) is 0 Å². The summed E-state index contributed by atoms with van der Waals surface area (Å²) in [7, 11) is 0. The number of hydrogen-bond donors (Lipinski definition) is 2. The van der Waals surface area contributed by atoms with Crippen molar-refractivity contribution in [2.75, 3.05) is 13.1 Å². The highest BCUT2D eigenvalue weighted by molar-refractivity contribution is 5.61. The van der Waals surface area contributed by atoms with Gasteiger partial charge in [0.15, 0.2) is 0 Å². The van der Waals surface area contributed by atoms with Gasteiger partial charge in [0.1, 0.15) is 5.69 Å². The van der Waals surface area contributed by atoms with E-state index in [1.165, 1.54) is 37.7 Å². The Morgan fingerprint density at radius 3 is 2.55 bits per heavy atom. The molecule has 1 heterocycles. The molecule has 2 aromatic rings. The summed E-state index contributed by atoms with van der Waals surface area (Å²) >= 11 is 0. The second kappa shape index (κ2) is 9.36. The van der Waals surface area contributed by atoms with Crippen LogP contribution in [0.15, 0.2) is 24.3 Å². The summed E-state index contributed by atoms with van der Waals surface area (Å²) in [6, 6.07) is 8.44. The molecule has 0 saturated carbocycles. The van der Waals surface area contributed by atoms with Crippen molar-refractivity contribution in [1.29, 1.82) is 0 Å². The third kappa shape index (κ3) is 5.26. The van der Waals surface area contributed by atoms with Crippen molar-refractivity contribution in [3.8, 4) is 11.3 Å².